The Hall–Kier alpha value is -1.58. The van der Waals surface area contributed by atoms with E-state index in [4.69, 9.17) is 16.9 Å². The predicted molar refractivity (Wildman–Crippen MR) is 80.8 cm³/mol. The van der Waals surface area contributed by atoms with E-state index in [1.165, 1.54) is 0 Å². The SMILES string of the molecule is N#Cc1cccc2c1nc(CCl)n2CC1CCS(=O)(=O)C1. The molecule has 1 unspecified atom stereocenters. The van der Waals surface area contributed by atoms with E-state index in [0.29, 0.717) is 29.9 Å². The van der Waals surface area contributed by atoms with E-state index in [-0.39, 0.29) is 23.3 Å². The smallest absolute Gasteiger partial charge is 0.150 e. The summed E-state index contributed by atoms with van der Waals surface area (Å²) in [6, 6.07) is 7.55. The summed E-state index contributed by atoms with van der Waals surface area (Å²) in [5.41, 5.74) is 1.99. The third-order valence-electron chi connectivity index (χ3n) is 3.87. The summed E-state index contributed by atoms with van der Waals surface area (Å²) in [7, 11) is -2.90. The van der Waals surface area contributed by atoms with Gasteiger partial charge in [0, 0.05) is 6.54 Å². The van der Waals surface area contributed by atoms with Gasteiger partial charge in [0.2, 0.25) is 0 Å². The van der Waals surface area contributed by atoms with Crippen molar-refractivity contribution in [2.75, 3.05) is 11.5 Å². The third kappa shape index (κ3) is 2.63. The monoisotopic (exact) mass is 323 g/mol. The maximum atomic E-state index is 11.6. The second kappa shape index (κ2) is 5.32. The molecule has 0 aliphatic carbocycles. The molecule has 2 heterocycles. The van der Waals surface area contributed by atoms with Gasteiger partial charge in [-0.25, -0.2) is 13.4 Å². The van der Waals surface area contributed by atoms with E-state index in [1.54, 1.807) is 6.07 Å². The van der Waals surface area contributed by atoms with Gasteiger partial charge < -0.3 is 4.57 Å². The number of aromatic nitrogens is 2. The van der Waals surface area contributed by atoms with Crippen molar-refractivity contribution in [3.05, 3.63) is 29.6 Å². The van der Waals surface area contributed by atoms with Gasteiger partial charge in [0.05, 0.1) is 28.5 Å². The quantitative estimate of drug-likeness (QED) is 0.810. The molecule has 0 bridgehead atoms. The number of imidazole rings is 1. The number of rotatable bonds is 3. The molecule has 1 aliphatic rings. The molecule has 0 amide bonds. The number of nitriles is 1. The van der Waals surface area contributed by atoms with Gasteiger partial charge in [0.25, 0.3) is 0 Å². The van der Waals surface area contributed by atoms with Crippen molar-refractivity contribution in [2.24, 2.45) is 5.92 Å². The average molecular weight is 324 g/mol. The van der Waals surface area contributed by atoms with E-state index >= 15 is 0 Å². The molecule has 110 valence electrons. The van der Waals surface area contributed by atoms with Crippen molar-refractivity contribution in [1.29, 1.82) is 5.26 Å². The Bertz CT molecular complexity index is 836. The zero-order valence-electron chi connectivity index (χ0n) is 11.3. The van der Waals surface area contributed by atoms with Crippen LogP contribution in [0.4, 0.5) is 0 Å². The lowest BCUT2D eigenvalue weighted by atomic mass is 10.1. The van der Waals surface area contributed by atoms with Crippen LogP contribution in [0, 0.1) is 17.2 Å². The van der Waals surface area contributed by atoms with Gasteiger partial charge in [-0.05, 0) is 24.5 Å². The molecule has 1 aliphatic heterocycles. The highest BCUT2D eigenvalue weighted by Crippen LogP contribution is 2.26. The molecule has 1 aromatic heterocycles. The van der Waals surface area contributed by atoms with Crippen LogP contribution in [0.1, 0.15) is 17.8 Å². The van der Waals surface area contributed by atoms with Gasteiger partial charge in [-0.3, -0.25) is 0 Å². The molecule has 7 heteroatoms. The van der Waals surface area contributed by atoms with Crippen molar-refractivity contribution >= 4 is 32.5 Å². The van der Waals surface area contributed by atoms with E-state index in [2.05, 4.69) is 11.1 Å². The van der Waals surface area contributed by atoms with Gasteiger partial charge in [-0.1, -0.05) is 6.07 Å². The van der Waals surface area contributed by atoms with Crippen LogP contribution in [0.5, 0.6) is 0 Å². The highest BCUT2D eigenvalue weighted by molar-refractivity contribution is 7.91. The van der Waals surface area contributed by atoms with Crippen LogP contribution >= 0.6 is 11.6 Å². The average Bonchev–Trinajstić information content (AvgIpc) is 2.99. The number of fused-ring (bicyclic) bond motifs is 1. The first-order chi connectivity index (χ1) is 10.0. The molecule has 21 heavy (non-hydrogen) atoms. The normalized spacial score (nSPS) is 20.7. The van der Waals surface area contributed by atoms with Crippen molar-refractivity contribution in [2.45, 2.75) is 18.8 Å². The standard InChI is InChI=1S/C14H14ClN3O2S/c15-6-13-17-14-11(7-16)2-1-3-12(14)18(13)8-10-4-5-21(19,20)9-10/h1-3,10H,4-6,8-9H2. The Kier molecular flexibility index (Phi) is 3.64. The molecule has 2 aromatic rings. The number of sulfone groups is 1. The first kappa shape index (κ1) is 14.4. The van der Waals surface area contributed by atoms with E-state index in [1.807, 2.05) is 16.7 Å². The topological polar surface area (TPSA) is 75.8 Å². The maximum Gasteiger partial charge on any atom is 0.150 e. The van der Waals surface area contributed by atoms with Gasteiger partial charge in [0.15, 0.2) is 9.84 Å². The lowest BCUT2D eigenvalue weighted by Crippen LogP contribution is -2.14. The lowest BCUT2D eigenvalue weighted by Gasteiger charge is -2.12. The van der Waals surface area contributed by atoms with Crippen molar-refractivity contribution in [1.82, 2.24) is 9.55 Å². The molecule has 0 saturated carbocycles. The molecule has 1 aromatic carbocycles. The Morgan fingerprint density at radius 3 is 2.90 bits per heavy atom. The molecule has 0 radical (unpaired) electrons. The summed E-state index contributed by atoms with van der Waals surface area (Å²) in [5.74, 6) is 1.47. The lowest BCUT2D eigenvalue weighted by molar-refractivity contribution is 0.490. The Morgan fingerprint density at radius 2 is 2.29 bits per heavy atom. The van der Waals surface area contributed by atoms with Gasteiger partial charge in [-0.15, -0.1) is 11.6 Å². The van der Waals surface area contributed by atoms with Crippen LogP contribution in [0.2, 0.25) is 0 Å². The largest absolute Gasteiger partial charge is 0.327 e. The Labute approximate surface area is 128 Å². The minimum atomic E-state index is -2.90. The second-order valence-electron chi connectivity index (χ2n) is 5.33. The van der Waals surface area contributed by atoms with Crippen LogP contribution in [-0.2, 0) is 22.3 Å². The molecule has 3 rings (SSSR count). The fraction of sp³-hybridized carbons (Fsp3) is 0.429. The number of para-hydroxylation sites is 1. The number of benzene rings is 1. The van der Waals surface area contributed by atoms with Crippen LogP contribution in [-0.4, -0.2) is 29.5 Å². The number of hydrogen-bond acceptors (Lipinski definition) is 4. The summed E-state index contributed by atoms with van der Waals surface area (Å²) < 4.78 is 25.1. The first-order valence-electron chi connectivity index (χ1n) is 6.68. The molecule has 1 saturated heterocycles. The van der Waals surface area contributed by atoms with Gasteiger partial charge in [0.1, 0.15) is 17.4 Å². The molecule has 0 N–H and O–H groups in total. The fourth-order valence-electron chi connectivity index (χ4n) is 2.87. The number of halogens is 1. The highest BCUT2D eigenvalue weighted by atomic mass is 35.5. The zero-order valence-corrected chi connectivity index (χ0v) is 12.9. The Balaban J connectivity index is 2.04. The summed E-state index contributed by atoms with van der Waals surface area (Å²) in [6.07, 6.45) is 0.668. The molecular weight excluding hydrogens is 310 g/mol. The first-order valence-corrected chi connectivity index (χ1v) is 9.04. The van der Waals surface area contributed by atoms with E-state index in [9.17, 15) is 8.42 Å². The van der Waals surface area contributed by atoms with Crippen LogP contribution in [0.15, 0.2) is 18.2 Å². The van der Waals surface area contributed by atoms with Crippen molar-refractivity contribution in [3.8, 4) is 6.07 Å². The van der Waals surface area contributed by atoms with E-state index in [0.717, 1.165) is 5.52 Å². The van der Waals surface area contributed by atoms with Crippen molar-refractivity contribution in [3.63, 3.8) is 0 Å². The molecular formula is C14H14ClN3O2S. The fourth-order valence-corrected chi connectivity index (χ4v) is 4.92. The van der Waals surface area contributed by atoms with Crippen molar-refractivity contribution < 1.29 is 8.42 Å². The minimum absolute atomic E-state index is 0.0834. The third-order valence-corrected chi connectivity index (χ3v) is 5.94. The predicted octanol–water partition coefficient (Wildman–Crippen LogP) is 2.08. The summed E-state index contributed by atoms with van der Waals surface area (Å²) in [5, 5.41) is 9.15. The van der Waals surface area contributed by atoms with Gasteiger partial charge in [-0.2, -0.15) is 5.26 Å². The molecule has 5 nitrogen and oxygen atoms in total. The van der Waals surface area contributed by atoms with Crippen LogP contribution in [0.25, 0.3) is 11.0 Å². The Morgan fingerprint density at radius 1 is 1.48 bits per heavy atom. The van der Waals surface area contributed by atoms with E-state index < -0.39 is 9.84 Å². The summed E-state index contributed by atoms with van der Waals surface area (Å²) in [6.45, 7) is 0.576. The van der Waals surface area contributed by atoms with Crippen LogP contribution < -0.4 is 0 Å². The zero-order chi connectivity index (χ0) is 15.0. The van der Waals surface area contributed by atoms with Gasteiger partial charge >= 0.3 is 0 Å². The highest BCUT2D eigenvalue weighted by Gasteiger charge is 2.29. The second-order valence-corrected chi connectivity index (χ2v) is 7.82. The summed E-state index contributed by atoms with van der Waals surface area (Å²) in [4.78, 5) is 4.44. The molecule has 1 atom stereocenters. The van der Waals surface area contributed by atoms with Crippen LogP contribution in [0.3, 0.4) is 0 Å². The number of nitrogens with zero attached hydrogens (tertiary/aromatic N) is 3. The number of hydrogen-bond donors (Lipinski definition) is 0. The number of alkyl halides is 1. The molecule has 1 fully saturated rings. The molecule has 0 spiro atoms. The maximum absolute atomic E-state index is 11.6. The minimum Gasteiger partial charge on any atom is -0.327 e. The summed E-state index contributed by atoms with van der Waals surface area (Å²) >= 11 is 5.96.